The molecule has 5 heteroatoms. The van der Waals surface area contributed by atoms with Crippen molar-refractivity contribution in [3.63, 3.8) is 0 Å². The van der Waals surface area contributed by atoms with Crippen LogP contribution in [0.2, 0.25) is 0 Å². The molecule has 3 unspecified atom stereocenters. The van der Waals surface area contributed by atoms with E-state index in [9.17, 15) is 9.59 Å². The molecule has 3 atom stereocenters. The van der Waals surface area contributed by atoms with E-state index in [-0.39, 0.29) is 12.1 Å². The number of nitrogens with one attached hydrogen (secondary N) is 2. The molecule has 0 radical (unpaired) electrons. The Balaban J connectivity index is 1.72. The molecule has 0 spiro atoms. The first-order valence-corrected chi connectivity index (χ1v) is 6.67. The number of carboxylic acid groups (broad SMARTS) is 1. The van der Waals surface area contributed by atoms with Gasteiger partial charge < -0.3 is 15.7 Å². The number of urea groups is 1. The van der Waals surface area contributed by atoms with E-state index in [1.54, 1.807) is 0 Å². The standard InChI is InChI=1S/C13H22N2O3/c1-13(2)6-8(13)7-14-12(18)15-10-5-3-4-9(10)11(16)17/h8-10H,3-7H2,1-2H3,(H,16,17)(H2,14,15,18). The molecule has 0 aromatic carbocycles. The quantitative estimate of drug-likeness (QED) is 0.712. The van der Waals surface area contributed by atoms with Gasteiger partial charge in [-0.25, -0.2) is 4.79 Å². The van der Waals surface area contributed by atoms with Crippen LogP contribution in [0.5, 0.6) is 0 Å². The molecule has 0 aromatic rings. The van der Waals surface area contributed by atoms with Crippen LogP contribution in [0.25, 0.3) is 0 Å². The number of rotatable bonds is 4. The van der Waals surface area contributed by atoms with Gasteiger partial charge in [0.05, 0.1) is 5.92 Å². The van der Waals surface area contributed by atoms with Gasteiger partial charge in [0.15, 0.2) is 0 Å². The molecular formula is C13H22N2O3. The average molecular weight is 254 g/mol. The van der Waals surface area contributed by atoms with E-state index >= 15 is 0 Å². The van der Waals surface area contributed by atoms with Crippen LogP contribution >= 0.6 is 0 Å². The first-order valence-electron chi connectivity index (χ1n) is 6.67. The Labute approximate surface area is 107 Å². The number of hydrogen-bond donors (Lipinski definition) is 3. The van der Waals surface area contributed by atoms with Crippen molar-refractivity contribution in [2.75, 3.05) is 6.54 Å². The van der Waals surface area contributed by atoms with Gasteiger partial charge >= 0.3 is 12.0 Å². The third-order valence-electron chi connectivity index (χ3n) is 4.38. The highest BCUT2D eigenvalue weighted by molar-refractivity contribution is 5.77. The highest BCUT2D eigenvalue weighted by atomic mass is 16.4. The zero-order valence-corrected chi connectivity index (χ0v) is 11.0. The molecule has 2 aliphatic carbocycles. The fourth-order valence-electron chi connectivity index (χ4n) is 2.79. The Bertz CT molecular complexity index is 354. The van der Waals surface area contributed by atoms with Crippen molar-refractivity contribution in [2.45, 2.75) is 45.6 Å². The van der Waals surface area contributed by atoms with E-state index in [1.807, 2.05) is 0 Å². The van der Waals surface area contributed by atoms with Gasteiger partial charge in [-0.1, -0.05) is 20.3 Å². The maximum Gasteiger partial charge on any atom is 0.315 e. The minimum Gasteiger partial charge on any atom is -0.481 e. The summed E-state index contributed by atoms with van der Waals surface area (Å²) in [4.78, 5) is 22.7. The van der Waals surface area contributed by atoms with Crippen LogP contribution in [0.15, 0.2) is 0 Å². The normalized spacial score (nSPS) is 32.9. The lowest BCUT2D eigenvalue weighted by molar-refractivity contribution is -0.142. The zero-order valence-electron chi connectivity index (χ0n) is 11.0. The van der Waals surface area contributed by atoms with Crippen LogP contribution in [0.3, 0.4) is 0 Å². The minimum absolute atomic E-state index is 0.213. The molecule has 3 N–H and O–H groups in total. The van der Waals surface area contributed by atoms with Gasteiger partial charge in [-0.2, -0.15) is 0 Å². The molecule has 18 heavy (non-hydrogen) atoms. The van der Waals surface area contributed by atoms with Crippen LogP contribution in [0.1, 0.15) is 39.5 Å². The molecule has 0 aromatic heterocycles. The number of carbonyl (C=O) groups is 2. The molecule has 5 nitrogen and oxygen atoms in total. The van der Waals surface area contributed by atoms with Crippen molar-refractivity contribution in [3.05, 3.63) is 0 Å². The third kappa shape index (κ3) is 2.94. The second-order valence-electron chi connectivity index (χ2n) is 6.23. The lowest BCUT2D eigenvalue weighted by Gasteiger charge is -2.18. The number of amides is 2. The Morgan fingerprint density at radius 3 is 2.56 bits per heavy atom. The van der Waals surface area contributed by atoms with Gasteiger partial charge in [-0.05, 0) is 30.6 Å². The maximum atomic E-state index is 11.7. The molecule has 2 aliphatic rings. The maximum absolute atomic E-state index is 11.7. The molecule has 0 saturated heterocycles. The predicted octanol–water partition coefficient (Wildman–Crippen LogP) is 1.58. The summed E-state index contributed by atoms with van der Waals surface area (Å²) in [6, 6.07) is -0.439. The van der Waals surface area contributed by atoms with Gasteiger partial charge in [-0.15, -0.1) is 0 Å². The number of aliphatic carboxylic acids is 1. The average Bonchev–Trinajstić information content (AvgIpc) is 2.71. The number of hydrogen-bond acceptors (Lipinski definition) is 2. The van der Waals surface area contributed by atoms with Crippen LogP contribution in [-0.4, -0.2) is 29.7 Å². The second kappa shape index (κ2) is 4.78. The summed E-state index contributed by atoms with van der Waals surface area (Å²) in [6.45, 7) is 5.06. The van der Waals surface area contributed by atoms with E-state index < -0.39 is 11.9 Å². The Hall–Kier alpha value is -1.26. The molecular weight excluding hydrogens is 232 g/mol. The third-order valence-corrected chi connectivity index (χ3v) is 4.38. The van der Waals surface area contributed by atoms with Crippen molar-refractivity contribution in [2.24, 2.45) is 17.3 Å². The summed E-state index contributed by atoms with van der Waals surface area (Å²) in [6.07, 6.45) is 3.45. The topological polar surface area (TPSA) is 78.4 Å². The zero-order chi connectivity index (χ0) is 13.3. The van der Waals surface area contributed by atoms with Gasteiger partial charge in [-0.3, -0.25) is 4.79 Å². The molecule has 2 fully saturated rings. The summed E-state index contributed by atoms with van der Waals surface area (Å²) in [5, 5.41) is 14.7. The highest BCUT2D eigenvalue weighted by Gasteiger charge is 2.45. The molecule has 0 bridgehead atoms. The fourth-order valence-corrected chi connectivity index (χ4v) is 2.79. The predicted molar refractivity (Wildman–Crippen MR) is 67.2 cm³/mol. The first-order chi connectivity index (χ1) is 8.40. The summed E-state index contributed by atoms with van der Waals surface area (Å²) < 4.78 is 0. The highest BCUT2D eigenvalue weighted by Crippen LogP contribution is 2.50. The molecule has 102 valence electrons. The summed E-state index contributed by atoms with van der Waals surface area (Å²) in [5.74, 6) is -0.670. The first kappa shape index (κ1) is 13.2. The second-order valence-corrected chi connectivity index (χ2v) is 6.23. The van der Waals surface area contributed by atoms with E-state index in [1.165, 1.54) is 0 Å². The fraction of sp³-hybridized carbons (Fsp3) is 0.846. The van der Waals surface area contributed by atoms with Gasteiger partial charge in [0.1, 0.15) is 0 Å². The van der Waals surface area contributed by atoms with Crippen molar-refractivity contribution >= 4 is 12.0 Å². The van der Waals surface area contributed by atoms with Crippen LogP contribution in [0.4, 0.5) is 4.79 Å². The van der Waals surface area contributed by atoms with E-state index in [0.29, 0.717) is 24.3 Å². The summed E-state index contributed by atoms with van der Waals surface area (Å²) in [7, 11) is 0. The Kier molecular flexibility index (Phi) is 3.50. The van der Waals surface area contributed by atoms with Crippen LogP contribution < -0.4 is 10.6 Å². The number of carbonyl (C=O) groups excluding carboxylic acids is 1. The molecule has 0 heterocycles. The largest absolute Gasteiger partial charge is 0.481 e. The molecule has 2 saturated carbocycles. The Morgan fingerprint density at radius 1 is 1.33 bits per heavy atom. The van der Waals surface area contributed by atoms with E-state index in [0.717, 1.165) is 19.3 Å². The Morgan fingerprint density at radius 2 is 2.00 bits per heavy atom. The lowest BCUT2D eigenvalue weighted by atomic mass is 10.0. The van der Waals surface area contributed by atoms with Crippen LogP contribution in [-0.2, 0) is 4.79 Å². The minimum atomic E-state index is -0.805. The number of carboxylic acids is 1. The van der Waals surface area contributed by atoms with Crippen molar-refractivity contribution in [3.8, 4) is 0 Å². The van der Waals surface area contributed by atoms with Gasteiger partial charge in [0.25, 0.3) is 0 Å². The van der Waals surface area contributed by atoms with Crippen molar-refractivity contribution < 1.29 is 14.7 Å². The summed E-state index contributed by atoms with van der Waals surface area (Å²) in [5.41, 5.74) is 0.351. The molecule has 2 amide bonds. The van der Waals surface area contributed by atoms with Crippen molar-refractivity contribution in [1.29, 1.82) is 0 Å². The van der Waals surface area contributed by atoms with Crippen LogP contribution in [0, 0.1) is 17.3 Å². The SMILES string of the molecule is CC1(C)CC1CNC(=O)NC1CCCC1C(=O)O. The molecule has 0 aliphatic heterocycles. The summed E-state index contributed by atoms with van der Waals surface area (Å²) >= 11 is 0. The van der Waals surface area contributed by atoms with E-state index in [4.69, 9.17) is 5.11 Å². The monoisotopic (exact) mass is 254 g/mol. The lowest BCUT2D eigenvalue weighted by Crippen LogP contribution is -2.46. The smallest absolute Gasteiger partial charge is 0.315 e. The van der Waals surface area contributed by atoms with E-state index in [2.05, 4.69) is 24.5 Å². The van der Waals surface area contributed by atoms with Gasteiger partial charge in [0.2, 0.25) is 0 Å². The molecule has 2 rings (SSSR count). The van der Waals surface area contributed by atoms with Crippen molar-refractivity contribution in [1.82, 2.24) is 10.6 Å². The van der Waals surface area contributed by atoms with Gasteiger partial charge in [0, 0.05) is 12.6 Å².